The second kappa shape index (κ2) is 9.53. The summed E-state index contributed by atoms with van der Waals surface area (Å²) in [5, 5.41) is 6.32. The average Bonchev–Trinajstić information content (AvgIpc) is 2.97. The first-order chi connectivity index (χ1) is 14.4. The van der Waals surface area contributed by atoms with Crippen molar-refractivity contribution in [2.24, 2.45) is 4.99 Å². The maximum absolute atomic E-state index is 12.6. The molecule has 158 valence electrons. The third-order valence-electron chi connectivity index (χ3n) is 4.41. The van der Waals surface area contributed by atoms with Gasteiger partial charge in [-0.3, -0.25) is 19.5 Å². The highest BCUT2D eigenvalue weighted by Crippen LogP contribution is 2.24. The van der Waals surface area contributed by atoms with E-state index in [1.54, 1.807) is 24.3 Å². The molecule has 0 saturated heterocycles. The summed E-state index contributed by atoms with van der Waals surface area (Å²) in [5.41, 5.74) is 1.20. The third-order valence-corrected chi connectivity index (χ3v) is 4.65. The number of fused-ring (bicyclic) bond motifs is 1. The minimum absolute atomic E-state index is 0.00313. The predicted molar refractivity (Wildman–Crippen MR) is 108 cm³/mol. The smallest absolute Gasteiger partial charge is 0.387 e. The molecule has 2 aromatic carbocycles. The van der Waals surface area contributed by atoms with E-state index in [-0.39, 0.29) is 37.2 Å². The molecule has 2 aromatic rings. The molecule has 0 unspecified atom stereocenters. The molecule has 0 aliphatic carbocycles. The molecule has 0 fully saturated rings. The van der Waals surface area contributed by atoms with Gasteiger partial charge in [0.05, 0.1) is 11.1 Å². The summed E-state index contributed by atoms with van der Waals surface area (Å²) in [6.45, 7) is -2.44. The molecule has 1 aliphatic heterocycles. The van der Waals surface area contributed by atoms with Gasteiger partial charge in [0.15, 0.2) is 5.96 Å². The normalized spacial score (nSPS) is 13.6. The van der Waals surface area contributed by atoms with Crippen LogP contribution in [0.5, 0.6) is 5.75 Å². The Morgan fingerprint density at radius 1 is 1.13 bits per heavy atom. The van der Waals surface area contributed by atoms with Crippen molar-refractivity contribution in [3.05, 3.63) is 64.2 Å². The minimum Gasteiger partial charge on any atom is -0.434 e. The Bertz CT molecular complexity index is 949. The maximum atomic E-state index is 12.6. The number of hydrogen-bond donors (Lipinski definition) is 2. The lowest BCUT2D eigenvalue weighted by Gasteiger charge is -2.17. The summed E-state index contributed by atoms with van der Waals surface area (Å²) in [5.74, 6) is -0.320. The number of guanidine groups is 1. The molecule has 7 nitrogen and oxygen atoms in total. The number of nitrogens with zero attached hydrogens (tertiary/aromatic N) is 2. The topological polar surface area (TPSA) is 83.0 Å². The number of carbonyl (C=O) groups excluding carboxylic acids is 2. The van der Waals surface area contributed by atoms with Gasteiger partial charge in [-0.1, -0.05) is 23.7 Å². The molecule has 2 amide bonds. The number of nitrogens with one attached hydrogen (secondary N) is 2. The quantitative estimate of drug-likeness (QED) is 0.396. The van der Waals surface area contributed by atoms with Gasteiger partial charge in [0.1, 0.15) is 5.75 Å². The van der Waals surface area contributed by atoms with E-state index in [0.717, 1.165) is 4.90 Å². The van der Waals surface area contributed by atoms with E-state index in [2.05, 4.69) is 20.4 Å². The van der Waals surface area contributed by atoms with Gasteiger partial charge in [0.2, 0.25) is 0 Å². The molecule has 0 saturated carbocycles. The highest BCUT2D eigenvalue weighted by molar-refractivity contribution is 6.30. The molecule has 0 atom stereocenters. The van der Waals surface area contributed by atoms with Gasteiger partial charge in [0, 0.05) is 37.3 Å². The number of aliphatic imine (C=N–C) groups is 1. The minimum atomic E-state index is -2.96. The van der Waals surface area contributed by atoms with Crippen molar-refractivity contribution in [2.45, 2.75) is 13.2 Å². The average molecular weight is 437 g/mol. The summed E-state index contributed by atoms with van der Waals surface area (Å²) < 4.78 is 29.6. The van der Waals surface area contributed by atoms with E-state index in [1.807, 2.05) is 0 Å². The number of benzene rings is 2. The van der Waals surface area contributed by atoms with Crippen LogP contribution in [0.3, 0.4) is 0 Å². The number of ether oxygens (including phenoxy) is 1. The fourth-order valence-corrected chi connectivity index (χ4v) is 3.22. The lowest BCUT2D eigenvalue weighted by Crippen LogP contribution is -2.42. The zero-order valence-electron chi connectivity index (χ0n) is 16.0. The number of carbonyl (C=O) groups is 2. The van der Waals surface area contributed by atoms with E-state index in [0.29, 0.717) is 27.7 Å². The Labute approximate surface area is 176 Å². The van der Waals surface area contributed by atoms with Crippen LogP contribution < -0.4 is 15.4 Å². The van der Waals surface area contributed by atoms with Crippen molar-refractivity contribution >= 4 is 29.4 Å². The molecule has 0 aromatic heterocycles. The van der Waals surface area contributed by atoms with Crippen molar-refractivity contribution in [1.29, 1.82) is 0 Å². The van der Waals surface area contributed by atoms with Crippen LogP contribution in [0.4, 0.5) is 8.78 Å². The molecule has 0 bridgehead atoms. The van der Waals surface area contributed by atoms with Crippen LogP contribution in [-0.2, 0) is 6.54 Å². The van der Waals surface area contributed by atoms with E-state index in [9.17, 15) is 18.4 Å². The summed E-state index contributed by atoms with van der Waals surface area (Å²) in [4.78, 5) is 29.9. The van der Waals surface area contributed by atoms with Crippen LogP contribution in [0.15, 0.2) is 47.5 Å². The van der Waals surface area contributed by atoms with Gasteiger partial charge < -0.3 is 15.4 Å². The first kappa shape index (κ1) is 21.5. The molecule has 1 aliphatic rings. The van der Waals surface area contributed by atoms with Crippen molar-refractivity contribution in [2.75, 3.05) is 20.1 Å². The molecule has 0 radical (unpaired) electrons. The van der Waals surface area contributed by atoms with Gasteiger partial charge in [-0.05, 0) is 30.3 Å². The Morgan fingerprint density at radius 2 is 1.80 bits per heavy atom. The summed E-state index contributed by atoms with van der Waals surface area (Å²) >= 11 is 5.94. The zero-order valence-corrected chi connectivity index (χ0v) is 16.7. The Kier molecular flexibility index (Phi) is 6.83. The van der Waals surface area contributed by atoms with Crippen LogP contribution in [-0.4, -0.2) is 49.4 Å². The summed E-state index contributed by atoms with van der Waals surface area (Å²) in [6.07, 6.45) is 0. The van der Waals surface area contributed by atoms with Crippen LogP contribution in [0.25, 0.3) is 0 Å². The van der Waals surface area contributed by atoms with Gasteiger partial charge in [-0.25, -0.2) is 0 Å². The standard InChI is InChI=1S/C20H19ClF2N4O3/c1-24-20(26-11-12-10-13(21)6-7-16(12)30-19(22)23)25-8-9-27-17(28)14-4-2-3-5-15(14)18(27)29/h2-7,10,19H,8-9,11H2,1H3,(H2,24,25,26). The highest BCUT2D eigenvalue weighted by Gasteiger charge is 2.34. The number of alkyl halides is 2. The van der Waals surface area contributed by atoms with Crippen molar-refractivity contribution < 1.29 is 23.1 Å². The Balaban J connectivity index is 1.55. The molecule has 10 heteroatoms. The fraction of sp³-hybridized carbons (Fsp3) is 0.250. The highest BCUT2D eigenvalue weighted by atomic mass is 35.5. The van der Waals surface area contributed by atoms with Crippen molar-refractivity contribution in [1.82, 2.24) is 15.5 Å². The number of halogens is 3. The summed E-state index contributed by atoms with van der Waals surface area (Å²) in [6, 6.07) is 11.0. The predicted octanol–water partition coefficient (Wildman–Crippen LogP) is 2.90. The largest absolute Gasteiger partial charge is 0.434 e. The van der Waals surface area contributed by atoms with Gasteiger partial charge in [0.25, 0.3) is 11.8 Å². The van der Waals surface area contributed by atoms with Crippen LogP contribution in [0, 0.1) is 0 Å². The number of hydrogen-bond acceptors (Lipinski definition) is 4. The van der Waals surface area contributed by atoms with Crippen molar-refractivity contribution in [3.8, 4) is 5.75 Å². The molecule has 0 spiro atoms. The molecular formula is C20H19ClF2N4O3. The van der Waals surface area contributed by atoms with Gasteiger partial charge in [-0.15, -0.1) is 0 Å². The van der Waals surface area contributed by atoms with Gasteiger partial charge in [-0.2, -0.15) is 8.78 Å². The van der Waals surface area contributed by atoms with Gasteiger partial charge >= 0.3 is 6.61 Å². The molecule has 1 heterocycles. The van der Waals surface area contributed by atoms with Crippen LogP contribution in [0.1, 0.15) is 26.3 Å². The Hall–Kier alpha value is -3.20. The fourth-order valence-electron chi connectivity index (χ4n) is 3.03. The first-order valence-corrected chi connectivity index (χ1v) is 9.41. The molecule has 30 heavy (non-hydrogen) atoms. The third kappa shape index (κ3) is 4.85. The lowest BCUT2D eigenvalue weighted by molar-refractivity contribution is -0.0504. The number of rotatable bonds is 7. The zero-order chi connectivity index (χ0) is 21.7. The second-order valence-corrected chi connectivity index (χ2v) is 6.73. The first-order valence-electron chi connectivity index (χ1n) is 9.03. The SMILES string of the molecule is CN=C(NCCN1C(=O)c2ccccc2C1=O)NCc1cc(Cl)ccc1OC(F)F. The summed E-state index contributed by atoms with van der Waals surface area (Å²) in [7, 11) is 1.53. The van der Waals surface area contributed by atoms with E-state index in [4.69, 9.17) is 11.6 Å². The molecule has 3 rings (SSSR count). The lowest BCUT2D eigenvalue weighted by atomic mass is 10.1. The van der Waals surface area contributed by atoms with Crippen molar-refractivity contribution in [3.63, 3.8) is 0 Å². The maximum Gasteiger partial charge on any atom is 0.387 e. The van der Waals surface area contributed by atoms with Crippen LogP contribution >= 0.6 is 11.6 Å². The number of imide groups is 1. The van der Waals surface area contributed by atoms with E-state index < -0.39 is 6.61 Å². The van der Waals surface area contributed by atoms with E-state index >= 15 is 0 Å². The number of amides is 2. The molecule has 2 N–H and O–H groups in total. The van der Waals surface area contributed by atoms with Crippen LogP contribution in [0.2, 0.25) is 5.02 Å². The second-order valence-electron chi connectivity index (χ2n) is 6.29. The van der Waals surface area contributed by atoms with E-state index in [1.165, 1.54) is 25.2 Å². The molecular weight excluding hydrogens is 418 g/mol. The monoisotopic (exact) mass is 436 g/mol. The Morgan fingerprint density at radius 3 is 2.40 bits per heavy atom.